The SMILES string of the molecule is Fc1nc(F)c(F)c(NN=Cc2ccc(-n3ccnc3)cc2)c1F. The van der Waals surface area contributed by atoms with Gasteiger partial charge in [0, 0.05) is 18.1 Å². The zero-order chi connectivity index (χ0) is 17.1. The van der Waals surface area contributed by atoms with E-state index in [1.54, 1.807) is 47.6 Å². The molecule has 0 aliphatic carbocycles. The third-order valence-electron chi connectivity index (χ3n) is 3.08. The molecule has 0 unspecified atom stereocenters. The van der Waals surface area contributed by atoms with E-state index < -0.39 is 29.2 Å². The van der Waals surface area contributed by atoms with Crippen molar-refractivity contribution in [3.63, 3.8) is 0 Å². The summed E-state index contributed by atoms with van der Waals surface area (Å²) in [6.07, 6.45) is 6.27. The molecule has 0 aliphatic rings. The summed E-state index contributed by atoms with van der Waals surface area (Å²) >= 11 is 0. The highest BCUT2D eigenvalue weighted by molar-refractivity contribution is 5.80. The lowest BCUT2D eigenvalue weighted by molar-refractivity contribution is 0.411. The van der Waals surface area contributed by atoms with E-state index in [1.165, 1.54) is 6.21 Å². The second-order valence-electron chi connectivity index (χ2n) is 4.63. The maximum Gasteiger partial charge on any atom is 0.254 e. The van der Waals surface area contributed by atoms with Gasteiger partial charge in [0.05, 0.1) is 12.5 Å². The number of anilines is 1. The van der Waals surface area contributed by atoms with Crippen LogP contribution in [0.15, 0.2) is 48.1 Å². The Labute approximate surface area is 133 Å². The number of aromatic nitrogens is 3. The first-order valence-corrected chi connectivity index (χ1v) is 6.63. The molecule has 0 saturated carbocycles. The van der Waals surface area contributed by atoms with Gasteiger partial charge >= 0.3 is 0 Å². The van der Waals surface area contributed by atoms with Crippen LogP contribution >= 0.6 is 0 Å². The van der Waals surface area contributed by atoms with Crippen LogP contribution in [0.5, 0.6) is 0 Å². The molecule has 0 saturated heterocycles. The quantitative estimate of drug-likeness (QED) is 0.345. The van der Waals surface area contributed by atoms with Gasteiger partial charge in [0.1, 0.15) is 5.69 Å². The lowest BCUT2D eigenvalue weighted by Crippen LogP contribution is -2.05. The molecule has 24 heavy (non-hydrogen) atoms. The van der Waals surface area contributed by atoms with Crippen LogP contribution in [0.25, 0.3) is 5.69 Å². The Kier molecular flexibility index (Phi) is 4.23. The first kappa shape index (κ1) is 15.7. The van der Waals surface area contributed by atoms with Crippen molar-refractivity contribution in [3.05, 3.63) is 72.1 Å². The number of pyridine rings is 1. The number of hydrogen-bond acceptors (Lipinski definition) is 4. The average molecular weight is 335 g/mol. The lowest BCUT2D eigenvalue weighted by Gasteiger charge is -2.05. The summed E-state index contributed by atoms with van der Waals surface area (Å²) < 4.78 is 54.5. The normalized spacial score (nSPS) is 11.2. The molecule has 3 rings (SSSR count). The van der Waals surface area contributed by atoms with Crippen molar-refractivity contribution in [1.29, 1.82) is 0 Å². The minimum atomic E-state index is -1.75. The summed E-state index contributed by atoms with van der Waals surface area (Å²) in [5.74, 6) is -6.81. The third-order valence-corrected chi connectivity index (χ3v) is 3.08. The molecular weight excluding hydrogens is 326 g/mol. The van der Waals surface area contributed by atoms with Crippen LogP contribution in [0.1, 0.15) is 5.56 Å². The molecule has 0 amide bonds. The minimum Gasteiger partial charge on any atom is -0.306 e. The molecule has 122 valence electrons. The van der Waals surface area contributed by atoms with Crippen LogP contribution in [-0.4, -0.2) is 20.7 Å². The molecular formula is C15H9F4N5. The Hall–Kier alpha value is -3.23. The van der Waals surface area contributed by atoms with Crippen LogP contribution in [0.3, 0.4) is 0 Å². The highest BCUT2D eigenvalue weighted by Gasteiger charge is 2.20. The Balaban J connectivity index is 1.76. The van der Waals surface area contributed by atoms with E-state index >= 15 is 0 Å². The minimum absolute atomic E-state index is 0.599. The van der Waals surface area contributed by atoms with E-state index in [9.17, 15) is 17.6 Å². The average Bonchev–Trinajstić information content (AvgIpc) is 3.11. The summed E-state index contributed by atoms with van der Waals surface area (Å²) in [6, 6.07) is 6.94. The number of nitrogens with one attached hydrogen (secondary N) is 1. The summed E-state index contributed by atoms with van der Waals surface area (Å²) in [6.45, 7) is 0. The van der Waals surface area contributed by atoms with Gasteiger partial charge in [-0.3, -0.25) is 5.43 Å². The molecule has 0 bridgehead atoms. The van der Waals surface area contributed by atoms with Crippen molar-refractivity contribution in [2.45, 2.75) is 0 Å². The monoisotopic (exact) mass is 335 g/mol. The number of hydrogen-bond donors (Lipinski definition) is 1. The van der Waals surface area contributed by atoms with Crippen molar-refractivity contribution in [2.75, 3.05) is 5.43 Å². The Bertz CT molecular complexity index is 850. The predicted octanol–water partition coefficient (Wildman–Crippen LogP) is 3.27. The highest BCUT2D eigenvalue weighted by Crippen LogP contribution is 2.21. The van der Waals surface area contributed by atoms with Crippen LogP contribution < -0.4 is 5.43 Å². The number of nitrogens with zero attached hydrogens (tertiary/aromatic N) is 4. The van der Waals surface area contributed by atoms with Gasteiger partial charge in [-0.15, -0.1) is 0 Å². The van der Waals surface area contributed by atoms with Gasteiger partial charge in [-0.2, -0.15) is 27.6 Å². The van der Waals surface area contributed by atoms with E-state index in [4.69, 9.17) is 0 Å². The van der Waals surface area contributed by atoms with Crippen molar-refractivity contribution >= 4 is 11.9 Å². The molecule has 0 aliphatic heterocycles. The molecule has 5 nitrogen and oxygen atoms in total. The van der Waals surface area contributed by atoms with Gasteiger partial charge in [0.25, 0.3) is 11.9 Å². The number of rotatable bonds is 4. The van der Waals surface area contributed by atoms with Gasteiger partial charge in [-0.25, -0.2) is 4.98 Å². The fourth-order valence-corrected chi connectivity index (χ4v) is 1.90. The fraction of sp³-hybridized carbons (Fsp3) is 0. The van der Waals surface area contributed by atoms with Crippen molar-refractivity contribution in [3.8, 4) is 5.69 Å². The maximum atomic E-state index is 13.4. The molecule has 0 atom stereocenters. The van der Waals surface area contributed by atoms with E-state index in [-0.39, 0.29) is 0 Å². The zero-order valence-corrected chi connectivity index (χ0v) is 11.9. The molecule has 3 aromatic rings. The van der Waals surface area contributed by atoms with Crippen molar-refractivity contribution in [2.24, 2.45) is 5.10 Å². The smallest absolute Gasteiger partial charge is 0.254 e. The van der Waals surface area contributed by atoms with E-state index in [1.807, 2.05) is 5.43 Å². The fourth-order valence-electron chi connectivity index (χ4n) is 1.90. The predicted molar refractivity (Wildman–Crippen MR) is 78.8 cm³/mol. The molecule has 0 spiro atoms. The maximum absolute atomic E-state index is 13.4. The Morgan fingerprint density at radius 1 is 1.00 bits per heavy atom. The van der Waals surface area contributed by atoms with Gasteiger partial charge in [-0.1, -0.05) is 12.1 Å². The number of halogens is 4. The molecule has 9 heteroatoms. The van der Waals surface area contributed by atoms with Gasteiger partial charge in [0.15, 0.2) is 0 Å². The first-order valence-electron chi connectivity index (χ1n) is 6.63. The summed E-state index contributed by atoms with van der Waals surface area (Å²) in [5.41, 5.74) is 2.34. The molecule has 1 aromatic carbocycles. The van der Waals surface area contributed by atoms with E-state index in [2.05, 4.69) is 15.1 Å². The molecule has 1 N–H and O–H groups in total. The summed E-state index contributed by atoms with van der Waals surface area (Å²) in [5, 5.41) is 3.57. The summed E-state index contributed by atoms with van der Waals surface area (Å²) in [4.78, 5) is 6.38. The highest BCUT2D eigenvalue weighted by atomic mass is 19.2. The first-order chi connectivity index (χ1) is 11.6. The Morgan fingerprint density at radius 3 is 2.25 bits per heavy atom. The summed E-state index contributed by atoms with van der Waals surface area (Å²) in [7, 11) is 0. The Morgan fingerprint density at radius 2 is 1.67 bits per heavy atom. The largest absolute Gasteiger partial charge is 0.306 e. The third kappa shape index (κ3) is 3.09. The van der Waals surface area contributed by atoms with Crippen LogP contribution in [0.4, 0.5) is 23.2 Å². The topological polar surface area (TPSA) is 55.1 Å². The van der Waals surface area contributed by atoms with E-state index in [0.29, 0.717) is 5.56 Å². The number of hydrazone groups is 1. The van der Waals surface area contributed by atoms with Crippen LogP contribution in [0.2, 0.25) is 0 Å². The second kappa shape index (κ2) is 6.49. The molecule has 0 radical (unpaired) electrons. The number of imidazole rings is 1. The molecule has 2 aromatic heterocycles. The lowest BCUT2D eigenvalue weighted by atomic mass is 10.2. The number of benzene rings is 1. The van der Waals surface area contributed by atoms with Crippen LogP contribution in [0, 0.1) is 23.5 Å². The molecule has 2 heterocycles. The van der Waals surface area contributed by atoms with Crippen molar-refractivity contribution in [1.82, 2.24) is 14.5 Å². The second-order valence-corrected chi connectivity index (χ2v) is 4.63. The van der Waals surface area contributed by atoms with Crippen molar-refractivity contribution < 1.29 is 17.6 Å². The van der Waals surface area contributed by atoms with Gasteiger partial charge < -0.3 is 4.57 Å². The zero-order valence-electron chi connectivity index (χ0n) is 11.9. The van der Waals surface area contributed by atoms with Gasteiger partial charge in [-0.05, 0) is 17.7 Å². The van der Waals surface area contributed by atoms with E-state index in [0.717, 1.165) is 5.69 Å². The van der Waals surface area contributed by atoms with Gasteiger partial charge in [0.2, 0.25) is 11.6 Å². The molecule has 0 fully saturated rings. The van der Waals surface area contributed by atoms with Crippen LogP contribution in [-0.2, 0) is 0 Å². The standard InChI is InChI=1S/C15H9F4N5/c16-11-13(12(17)15(19)22-14(11)18)23-21-7-9-1-3-10(4-2-9)24-6-5-20-8-24/h1-8H,(H,22,23).